The van der Waals surface area contributed by atoms with Gasteiger partial charge in [0.1, 0.15) is 17.4 Å². The first-order valence-corrected chi connectivity index (χ1v) is 6.81. The van der Waals surface area contributed by atoms with Gasteiger partial charge in [-0.05, 0) is 36.8 Å². The second-order valence-electron chi connectivity index (χ2n) is 4.80. The number of phenolic OH excluding ortho intramolecular Hbond substituents is 1. The van der Waals surface area contributed by atoms with Gasteiger partial charge in [-0.2, -0.15) is 0 Å². The Morgan fingerprint density at radius 1 is 0.955 bits per heavy atom. The standard InChI is InChI=1S/C16H15N5O/c1-10-18-8-12(9-19-10)11-3-4-13(15(22)7-11)14-5-6-16(17-2)21-20-14/h3-9,22H,1-2H3,(H,17,21). The molecule has 3 aromatic rings. The molecule has 0 atom stereocenters. The number of nitrogens with one attached hydrogen (secondary N) is 1. The van der Waals surface area contributed by atoms with Crippen molar-refractivity contribution in [1.29, 1.82) is 0 Å². The number of phenols is 1. The van der Waals surface area contributed by atoms with Crippen LogP contribution in [0.2, 0.25) is 0 Å². The molecule has 0 aliphatic heterocycles. The molecule has 0 fully saturated rings. The summed E-state index contributed by atoms with van der Waals surface area (Å²) in [6, 6.07) is 9.01. The second-order valence-corrected chi connectivity index (χ2v) is 4.80. The van der Waals surface area contributed by atoms with Gasteiger partial charge in [-0.15, -0.1) is 10.2 Å². The normalized spacial score (nSPS) is 10.5. The highest BCUT2D eigenvalue weighted by Gasteiger charge is 2.09. The molecule has 2 N–H and O–H groups in total. The zero-order chi connectivity index (χ0) is 15.5. The number of benzene rings is 1. The van der Waals surface area contributed by atoms with E-state index in [0.717, 1.165) is 11.1 Å². The van der Waals surface area contributed by atoms with E-state index in [9.17, 15) is 5.11 Å². The van der Waals surface area contributed by atoms with E-state index < -0.39 is 0 Å². The van der Waals surface area contributed by atoms with Crippen molar-refractivity contribution < 1.29 is 5.11 Å². The molecule has 1 aromatic carbocycles. The van der Waals surface area contributed by atoms with Crippen molar-refractivity contribution >= 4 is 5.82 Å². The molecule has 0 spiro atoms. The average Bonchev–Trinajstić information content (AvgIpc) is 2.56. The number of aromatic nitrogens is 4. The van der Waals surface area contributed by atoms with Crippen LogP contribution >= 0.6 is 0 Å². The van der Waals surface area contributed by atoms with E-state index >= 15 is 0 Å². The SMILES string of the molecule is CNc1ccc(-c2ccc(-c3cnc(C)nc3)cc2O)nn1. The fourth-order valence-corrected chi connectivity index (χ4v) is 2.08. The van der Waals surface area contributed by atoms with Crippen LogP contribution in [0.5, 0.6) is 5.75 Å². The number of nitrogens with zero attached hydrogens (tertiary/aromatic N) is 4. The van der Waals surface area contributed by atoms with Crippen molar-refractivity contribution in [1.82, 2.24) is 20.2 Å². The number of hydrogen-bond acceptors (Lipinski definition) is 6. The number of hydrogen-bond donors (Lipinski definition) is 2. The summed E-state index contributed by atoms with van der Waals surface area (Å²) < 4.78 is 0. The Bertz CT molecular complexity index is 785. The molecular weight excluding hydrogens is 278 g/mol. The van der Waals surface area contributed by atoms with E-state index in [-0.39, 0.29) is 5.75 Å². The lowest BCUT2D eigenvalue weighted by molar-refractivity contribution is 0.477. The molecule has 3 rings (SSSR count). The molecule has 22 heavy (non-hydrogen) atoms. The summed E-state index contributed by atoms with van der Waals surface area (Å²) >= 11 is 0. The highest BCUT2D eigenvalue weighted by molar-refractivity contribution is 5.73. The molecule has 0 saturated carbocycles. The van der Waals surface area contributed by atoms with Gasteiger partial charge in [0.15, 0.2) is 0 Å². The van der Waals surface area contributed by atoms with Crippen LogP contribution in [0.4, 0.5) is 5.82 Å². The largest absolute Gasteiger partial charge is 0.507 e. The van der Waals surface area contributed by atoms with Crippen molar-refractivity contribution in [2.45, 2.75) is 6.92 Å². The van der Waals surface area contributed by atoms with E-state index in [4.69, 9.17) is 0 Å². The highest BCUT2D eigenvalue weighted by Crippen LogP contribution is 2.32. The third kappa shape index (κ3) is 2.71. The van der Waals surface area contributed by atoms with Crippen LogP contribution < -0.4 is 5.32 Å². The van der Waals surface area contributed by atoms with E-state index in [2.05, 4.69) is 25.5 Å². The minimum absolute atomic E-state index is 0.143. The molecule has 0 amide bonds. The van der Waals surface area contributed by atoms with Crippen LogP contribution in [0.15, 0.2) is 42.7 Å². The van der Waals surface area contributed by atoms with Crippen molar-refractivity contribution in [3.63, 3.8) is 0 Å². The molecule has 0 aliphatic carbocycles. The second kappa shape index (κ2) is 5.77. The average molecular weight is 293 g/mol. The summed E-state index contributed by atoms with van der Waals surface area (Å²) in [5, 5.41) is 21.3. The minimum atomic E-state index is 0.143. The first kappa shape index (κ1) is 13.9. The van der Waals surface area contributed by atoms with E-state index in [1.165, 1.54) is 0 Å². The zero-order valence-corrected chi connectivity index (χ0v) is 12.3. The monoisotopic (exact) mass is 293 g/mol. The predicted molar refractivity (Wildman–Crippen MR) is 84.4 cm³/mol. The van der Waals surface area contributed by atoms with Crippen molar-refractivity contribution in [3.8, 4) is 28.1 Å². The van der Waals surface area contributed by atoms with E-state index in [0.29, 0.717) is 22.9 Å². The van der Waals surface area contributed by atoms with Crippen molar-refractivity contribution in [3.05, 3.63) is 48.5 Å². The number of aryl methyl sites for hydroxylation is 1. The summed E-state index contributed by atoms with van der Waals surface area (Å²) in [5.74, 6) is 1.53. The van der Waals surface area contributed by atoms with Gasteiger partial charge in [-0.1, -0.05) is 6.07 Å². The van der Waals surface area contributed by atoms with Gasteiger partial charge in [0, 0.05) is 30.6 Å². The molecule has 0 bridgehead atoms. The van der Waals surface area contributed by atoms with Crippen molar-refractivity contribution in [2.75, 3.05) is 12.4 Å². The van der Waals surface area contributed by atoms with Gasteiger partial charge in [0.05, 0.1) is 5.69 Å². The predicted octanol–water partition coefficient (Wildman–Crippen LogP) is 2.66. The number of rotatable bonds is 3. The van der Waals surface area contributed by atoms with Crippen LogP contribution in [-0.2, 0) is 0 Å². The maximum Gasteiger partial charge on any atom is 0.148 e. The lowest BCUT2D eigenvalue weighted by Crippen LogP contribution is -1.95. The first-order valence-electron chi connectivity index (χ1n) is 6.81. The summed E-state index contributed by atoms with van der Waals surface area (Å²) in [6.45, 7) is 1.83. The molecule has 6 nitrogen and oxygen atoms in total. The molecule has 0 aliphatic rings. The van der Waals surface area contributed by atoms with Gasteiger partial charge in [0.25, 0.3) is 0 Å². The third-order valence-electron chi connectivity index (χ3n) is 3.31. The molecule has 0 saturated heterocycles. The van der Waals surface area contributed by atoms with Crippen LogP contribution in [0, 0.1) is 6.92 Å². The van der Waals surface area contributed by atoms with Gasteiger partial charge in [-0.3, -0.25) is 0 Å². The van der Waals surface area contributed by atoms with Crippen LogP contribution in [0.3, 0.4) is 0 Å². The Balaban J connectivity index is 1.96. The fourth-order valence-electron chi connectivity index (χ4n) is 2.08. The summed E-state index contributed by atoms with van der Waals surface area (Å²) in [7, 11) is 1.78. The minimum Gasteiger partial charge on any atom is -0.507 e. The molecule has 2 aromatic heterocycles. The topological polar surface area (TPSA) is 83.8 Å². The molecule has 6 heteroatoms. The number of anilines is 1. The van der Waals surface area contributed by atoms with Gasteiger partial charge in [-0.25, -0.2) is 9.97 Å². The maximum atomic E-state index is 10.3. The van der Waals surface area contributed by atoms with Crippen molar-refractivity contribution in [2.24, 2.45) is 0 Å². The summed E-state index contributed by atoms with van der Waals surface area (Å²) in [6.07, 6.45) is 3.47. The molecule has 0 unspecified atom stereocenters. The Kier molecular flexibility index (Phi) is 3.65. The Morgan fingerprint density at radius 2 is 1.73 bits per heavy atom. The quantitative estimate of drug-likeness (QED) is 0.772. The Labute approximate surface area is 127 Å². The highest BCUT2D eigenvalue weighted by atomic mass is 16.3. The maximum absolute atomic E-state index is 10.3. The van der Waals surface area contributed by atoms with Gasteiger partial charge < -0.3 is 10.4 Å². The molecule has 110 valence electrons. The van der Waals surface area contributed by atoms with Gasteiger partial charge in [0.2, 0.25) is 0 Å². The van der Waals surface area contributed by atoms with Crippen LogP contribution in [0.1, 0.15) is 5.82 Å². The molecular formula is C16H15N5O. The lowest BCUT2D eigenvalue weighted by atomic mass is 10.0. The fraction of sp³-hybridized carbons (Fsp3) is 0.125. The zero-order valence-electron chi connectivity index (χ0n) is 12.3. The van der Waals surface area contributed by atoms with E-state index in [1.54, 1.807) is 25.5 Å². The first-order chi connectivity index (χ1) is 10.7. The summed E-state index contributed by atoms with van der Waals surface area (Å²) in [4.78, 5) is 8.33. The van der Waals surface area contributed by atoms with Gasteiger partial charge >= 0.3 is 0 Å². The lowest BCUT2D eigenvalue weighted by Gasteiger charge is -2.07. The van der Waals surface area contributed by atoms with Crippen LogP contribution in [-0.4, -0.2) is 32.3 Å². The Hall–Kier alpha value is -3.02. The third-order valence-corrected chi connectivity index (χ3v) is 3.31. The number of aromatic hydroxyl groups is 1. The van der Waals surface area contributed by atoms with E-state index in [1.807, 2.05) is 31.2 Å². The summed E-state index contributed by atoms with van der Waals surface area (Å²) in [5.41, 5.74) is 2.94. The molecule has 2 heterocycles. The molecule has 0 radical (unpaired) electrons. The smallest absolute Gasteiger partial charge is 0.148 e. The Morgan fingerprint density at radius 3 is 2.32 bits per heavy atom. The van der Waals surface area contributed by atoms with Crippen LogP contribution in [0.25, 0.3) is 22.4 Å².